The molecule has 0 aromatic heterocycles. The smallest absolute Gasteiger partial charge is 0.303 e. The average molecular weight is 510 g/mol. The zero-order valence-electron chi connectivity index (χ0n) is 10.8. The molecule has 2 aromatic carbocycles. The Morgan fingerprint density at radius 1 is 1.10 bits per heavy atom. The Hall–Kier alpha value is -1.03. The first-order chi connectivity index (χ1) is 9.97. The van der Waals surface area contributed by atoms with Gasteiger partial charge in [-0.1, -0.05) is 6.07 Å². The standard InChI is InChI=1S/C15H12I2O4/c16-12-7-1-9(2-8-13(19)20)14(17)15(12)21-11-5-3-10(18)4-6-11/h1,3-7,18H,2,8H2,(H,19,20). The molecule has 0 saturated heterocycles. The van der Waals surface area contributed by atoms with E-state index in [4.69, 9.17) is 9.84 Å². The molecule has 110 valence electrons. The van der Waals surface area contributed by atoms with Gasteiger partial charge in [0.25, 0.3) is 0 Å². The van der Waals surface area contributed by atoms with Crippen LogP contribution < -0.4 is 4.74 Å². The average Bonchev–Trinajstić information content (AvgIpc) is 2.44. The topological polar surface area (TPSA) is 66.8 Å². The van der Waals surface area contributed by atoms with Gasteiger partial charge in [0.05, 0.1) is 7.14 Å². The lowest BCUT2D eigenvalue weighted by Gasteiger charge is -2.13. The van der Waals surface area contributed by atoms with Crippen LogP contribution in [0.25, 0.3) is 0 Å². The Morgan fingerprint density at radius 3 is 2.38 bits per heavy atom. The van der Waals surface area contributed by atoms with Crippen LogP contribution in [-0.4, -0.2) is 16.2 Å². The highest BCUT2D eigenvalue weighted by Gasteiger charge is 2.13. The molecule has 0 aliphatic rings. The van der Waals surface area contributed by atoms with Crippen LogP contribution in [0.2, 0.25) is 0 Å². The number of aromatic hydroxyl groups is 1. The van der Waals surface area contributed by atoms with Crippen molar-refractivity contribution in [1.82, 2.24) is 0 Å². The van der Waals surface area contributed by atoms with Gasteiger partial charge in [-0.15, -0.1) is 0 Å². The van der Waals surface area contributed by atoms with E-state index in [0.29, 0.717) is 17.9 Å². The van der Waals surface area contributed by atoms with Gasteiger partial charge in [0.1, 0.15) is 11.5 Å². The Labute approximate surface area is 149 Å². The number of aryl methyl sites for hydroxylation is 1. The molecule has 0 radical (unpaired) electrons. The van der Waals surface area contributed by atoms with Gasteiger partial charge in [0.2, 0.25) is 0 Å². The monoisotopic (exact) mass is 510 g/mol. The van der Waals surface area contributed by atoms with Crippen LogP contribution in [0, 0.1) is 7.14 Å². The number of carboxylic acid groups (broad SMARTS) is 1. The highest BCUT2D eigenvalue weighted by atomic mass is 127. The molecule has 0 aliphatic heterocycles. The molecule has 6 heteroatoms. The summed E-state index contributed by atoms with van der Waals surface area (Å²) in [6.07, 6.45) is 0.561. The van der Waals surface area contributed by atoms with Gasteiger partial charge >= 0.3 is 5.97 Å². The fraction of sp³-hybridized carbons (Fsp3) is 0.133. The highest BCUT2D eigenvalue weighted by Crippen LogP contribution is 2.34. The van der Waals surface area contributed by atoms with Gasteiger partial charge in [-0.25, -0.2) is 0 Å². The summed E-state index contributed by atoms with van der Waals surface area (Å²) in [7, 11) is 0. The van der Waals surface area contributed by atoms with Gasteiger partial charge in [0, 0.05) is 6.42 Å². The molecule has 0 fully saturated rings. The number of carbonyl (C=O) groups is 1. The molecule has 0 atom stereocenters. The second-order valence-corrected chi connectivity index (χ2v) is 6.58. The van der Waals surface area contributed by atoms with Crippen molar-refractivity contribution in [3.05, 3.63) is 49.1 Å². The third kappa shape index (κ3) is 4.47. The first-order valence-electron chi connectivity index (χ1n) is 6.13. The summed E-state index contributed by atoms with van der Waals surface area (Å²) in [5.41, 5.74) is 0.951. The van der Waals surface area contributed by atoms with Crippen molar-refractivity contribution in [1.29, 1.82) is 0 Å². The molecule has 0 saturated carbocycles. The van der Waals surface area contributed by atoms with E-state index in [1.807, 2.05) is 12.1 Å². The predicted molar refractivity (Wildman–Crippen MR) is 96.0 cm³/mol. The van der Waals surface area contributed by atoms with Gasteiger partial charge in [0.15, 0.2) is 5.75 Å². The van der Waals surface area contributed by atoms with Crippen molar-refractivity contribution in [2.45, 2.75) is 12.8 Å². The minimum atomic E-state index is -0.814. The van der Waals surface area contributed by atoms with Gasteiger partial charge in [-0.3, -0.25) is 4.79 Å². The van der Waals surface area contributed by atoms with Crippen molar-refractivity contribution in [2.24, 2.45) is 0 Å². The molecular weight excluding hydrogens is 498 g/mol. The van der Waals surface area contributed by atoms with Crippen LogP contribution in [0.15, 0.2) is 36.4 Å². The Morgan fingerprint density at radius 2 is 1.76 bits per heavy atom. The number of hydrogen-bond donors (Lipinski definition) is 2. The fourth-order valence-electron chi connectivity index (χ4n) is 1.73. The Kier molecular flexibility index (Phi) is 5.68. The third-order valence-corrected chi connectivity index (χ3v) is 4.83. The van der Waals surface area contributed by atoms with Crippen molar-refractivity contribution in [2.75, 3.05) is 0 Å². The zero-order valence-corrected chi connectivity index (χ0v) is 15.2. The quantitative estimate of drug-likeness (QED) is 0.586. The summed E-state index contributed by atoms with van der Waals surface area (Å²) in [6.45, 7) is 0. The SMILES string of the molecule is O=C(O)CCc1ccc(I)c(Oc2ccc(O)cc2)c1I. The summed E-state index contributed by atoms with van der Waals surface area (Å²) < 4.78 is 7.73. The first-order valence-corrected chi connectivity index (χ1v) is 8.28. The van der Waals surface area contributed by atoms with Crippen molar-refractivity contribution in [3.8, 4) is 17.2 Å². The normalized spacial score (nSPS) is 10.4. The second-order valence-electron chi connectivity index (χ2n) is 4.34. The van der Waals surface area contributed by atoms with Gasteiger partial charge in [-0.05, 0) is 87.5 Å². The number of phenolic OH excluding ortho intramolecular Hbond substituents is 1. The van der Waals surface area contributed by atoms with Gasteiger partial charge < -0.3 is 14.9 Å². The van der Waals surface area contributed by atoms with E-state index in [0.717, 1.165) is 12.7 Å². The lowest BCUT2D eigenvalue weighted by Crippen LogP contribution is -2.01. The maximum Gasteiger partial charge on any atom is 0.303 e. The summed E-state index contributed by atoms with van der Waals surface area (Å²) in [6, 6.07) is 10.3. The molecule has 2 rings (SSSR count). The molecule has 0 spiro atoms. The third-order valence-electron chi connectivity index (χ3n) is 2.79. The highest BCUT2D eigenvalue weighted by molar-refractivity contribution is 14.1. The fourth-order valence-corrected chi connectivity index (χ4v) is 3.66. The summed E-state index contributed by atoms with van der Waals surface area (Å²) in [4.78, 5) is 10.7. The number of ether oxygens (including phenoxy) is 1. The number of halogens is 2. The largest absolute Gasteiger partial charge is 0.508 e. The molecule has 0 unspecified atom stereocenters. The predicted octanol–water partition coefficient (Wildman–Crippen LogP) is 4.41. The number of aliphatic carboxylic acids is 1. The van der Waals surface area contributed by atoms with Crippen LogP contribution in [0.5, 0.6) is 17.2 Å². The molecule has 2 N–H and O–H groups in total. The Balaban J connectivity index is 2.27. The lowest BCUT2D eigenvalue weighted by molar-refractivity contribution is -0.136. The maximum atomic E-state index is 10.7. The minimum Gasteiger partial charge on any atom is -0.508 e. The van der Waals surface area contributed by atoms with Crippen molar-refractivity contribution < 1.29 is 19.7 Å². The van der Waals surface area contributed by atoms with Crippen molar-refractivity contribution in [3.63, 3.8) is 0 Å². The van der Waals surface area contributed by atoms with E-state index in [-0.39, 0.29) is 12.2 Å². The number of hydrogen-bond acceptors (Lipinski definition) is 3. The molecule has 4 nitrogen and oxygen atoms in total. The number of rotatable bonds is 5. The molecular formula is C15H12I2O4. The summed E-state index contributed by atoms with van der Waals surface area (Å²) >= 11 is 4.36. The van der Waals surface area contributed by atoms with Crippen LogP contribution in [0.3, 0.4) is 0 Å². The number of phenols is 1. The molecule has 2 aromatic rings. The van der Waals surface area contributed by atoms with E-state index in [1.165, 1.54) is 0 Å². The van der Waals surface area contributed by atoms with Gasteiger partial charge in [-0.2, -0.15) is 0 Å². The number of benzene rings is 2. The maximum absolute atomic E-state index is 10.7. The van der Waals surface area contributed by atoms with E-state index in [2.05, 4.69) is 45.2 Å². The zero-order chi connectivity index (χ0) is 15.4. The van der Waals surface area contributed by atoms with Crippen LogP contribution in [0.1, 0.15) is 12.0 Å². The Bertz CT molecular complexity index is 653. The second kappa shape index (κ2) is 7.30. The van der Waals surface area contributed by atoms with E-state index in [1.54, 1.807) is 24.3 Å². The summed E-state index contributed by atoms with van der Waals surface area (Å²) in [5.74, 6) is 0.705. The van der Waals surface area contributed by atoms with Crippen molar-refractivity contribution >= 4 is 51.2 Å². The number of carboxylic acids is 1. The minimum absolute atomic E-state index is 0.0925. The van der Waals surface area contributed by atoms with E-state index >= 15 is 0 Å². The molecule has 0 bridgehead atoms. The van der Waals surface area contributed by atoms with Crippen LogP contribution >= 0.6 is 45.2 Å². The van der Waals surface area contributed by atoms with Crippen LogP contribution in [-0.2, 0) is 11.2 Å². The molecule has 0 amide bonds. The molecule has 21 heavy (non-hydrogen) atoms. The molecule has 0 heterocycles. The van der Waals surface area contributed by atoms with Crippen LogP contribution in [0.4, 0.5) is 0 Å². The lowest BCUT2D eigenvalue weighted by atomic mass is 10.1. The summed E-state index contributed by atoms with van der Waals surface area (Å²) in [5, 5.41) is 18.1. The molecule has 0 aliphatic carbocycles. The first kappa shape index (κ1) is 16.3. The van der Waals surface area contributed by atoms with E-state index < -0.39 is 5.97 Å². The van der Waals surface area contributed by atoms with E-state index in [9.17, 15) is 9.90 Å².